The Morgan fingerprint density at radius 2 is 2.00 bits per heavy atom. The number of nitrogens with zero attached hydrogens (tertiary/aromatic N) is 1. The quantitative estimate of drug-likeness (QED) is 0.831. The van der Waals surface area contributed by atoms with Gasteiger partial charge in [-0.15, -0.1) is 0 Å². The van der Waals surface area contributed by atoms with Crippen LogP contribution in [0.25, 0.3) is 0 Å². The largest absolute Gasteiger partial charge is 0.330 e. The Labute approximate surface area is 95.2 Å². The summed E-state index contributed by atoms with van der Waals surface area (Å²) in [6.07, 6.45) is 0. The average molecular weight is 248 g/mol. The van der Waals surface area contributed by atoms with Gasteiger partial charge in [0.25, 0.3) is 7.52 Å². The van der Waals surface area contributed by atoms with E-state index in [1.807, 2.05) is 13.8 Å². The fourth-order valence-corrected chi connectivity index (χ4v) is 3.37. The van der Waals surface area contributed by atoms with Gasteiger partial charge in [-0.3, -0.25) is 4.57 Å². The highest BCUT2D eigenvalue weighted by Gasteiger charge is 2.27. The van der Waals surface area contributed by atoms with Gasteiger partial charge in [0.15, 0.2) is 0 Å². The molecular formula is C10H15ClNO2P. The summed E-state index contributed by atoms with van der Waals surface area (Å²) in [7, 11) is -3.43. The van der Waals surface area contributed by atoms with Crippen molar-refractivity contribution >= 4 is 24.4 Å². The van der Waals surface area contributed by atoms with Gasteiger partial charge in [0.2, 0.25) is 0 Å². The molecule has 5 heteroatoms. The molecule has 0 spiro atoms. The van der Waals surface area contributed by atoms with Crippen molar-refractivity contribution in [2.45, 2.75) is 13.8 Å². The lowest BCUT2D eigenvalue weighted by Gasteiger charge is -2.24. The number of rotatable bonds is 4. The van der Waals surface area contributed by atoms with Gasteiger partial charge in [-0.25, -0.2) is 4.67 Å². The van der Waals surface area contributed by atoms with Crippen molar-refractivity contribution < 1.29 is 9.46 Å². The molecular weight excluding hydrogens is 233 g/mol. The second-order valence-electron chi connectivity index (χ2n) is 3.16. The normalized spacial score (nSPS) is 15.3. The maximum Gasteiger partial charge on any atom is 0.299 e. The van der Waals surface area contributed by atoms with Crippen LogP contribution in [-0.2, 0) is 4.57 Å². The molecule has 0 bridgehead atoms. The Morgan fingerprint density at radius 1 is 1.40 bits per heavy atom. The van der Waals surface area contributed by atoms with Crippen LogP contribution in [0.4, 0.5) is 0 Å². The minimum atomic E-state index is -3.43. The summed E-state index contributed by atoms with van der Waals surface area (Å²) in [5.74, 6) is 0. The zero-order valence-corrected chi connectivity index (χ0v) is 10.5. The van der Waals surface area contributed by atoms with Crippen molar-refractivity contribution in [2.75, 3.05) is 13.1 Å². The van der Waals surface area contributed by atoms with Gasteiger partial charge in [-0.2, -0.15) is 0 Å². The molecule has 1 unspecified atom stereocenters. The Kier molecular flexibility index (Phi) is 4.35. The molecule has 1 aromatic carbocycles. The maximum atomic E-state index is 12.2. The lowest BCUT2D eigenvalue weighted by atomic mass is 10.4. The predicted octanol–water partition coefficient (Wildman–Crippen LogP) is 2.49. The van der Waals surface area contributed by atoms with Crippen LogP contribution in [0.5, 0.6) is 0 Å². The second-order valence-corrected chi connectivity index (χ2v) is 5.77. The van der Waals surface area contributed by atoms with Crippen LogP contribution in [0.3, 0.4) is 0 Å². The number of halogens is 1. The summed E-state index contributed by atoms with van der Waals surface area (Å²) >= 11 is 5.79. The van der Waals surface area contributed by atoms with Crippen molar-refractivity contribution in [3.05, 3.63) is 29.3 Å². The van der Waals surface area contributed by atoms with Crippen molar-refractivity contribution in [1.82, 2.24) is 4.67 Å². The van der Waals surface area contributed by atoms with Gasteiger partial charge in [0.1, 0.15) is 0 Å². The third-order valence-corrected chi connectivity index (χ3v) is 4.78. The summed E-state index contributed by atoms with van der Waals surface area (Å²) in [4.78, 5) is 9.99. The highest BCUT2D eigenvalue weighted by molar-refractivity contribution is 7.63. The van der Waals surface area contributed by atoms with E-state index < -0.39 is 7.52 Å². The lowest BCUT2D eigenvalue weighted by molar-refractivity contribution is 0.376. The monoisotopic (exact) mass is 247 g/mol. The van der Waals surface area contributed by atoms with E-state index in [0.29, 0.717) is 23.4 Å². The van der Waals surface area contributed by atoms with Crippen LogP contribution in [-0.4, -0.2) is 22.7 Å². The van der Waals surface area contributed by atoms with E-state index >= 15 is 0 Å². The molecule has 84 valence electrons. The predicted molar refractivity (Wildman–Crippen MR) is 63.8 cm³/mol. The SMILES string of the molecule is CCN(CC)P(=O)(O)c1cccc(Cl)c1. The third-order valence-electron chi connectivity index (χ3n) is 2.26. The van der Waals surface area contributed by atoms with Crippen molar-refractivity contribution in [3.63, 3.8) is 0 Å². The molecule has 1 aromatic rings. The van der Waals surface area contributed by atoms with E-state index in [1.165, 1.54) is 0 Å². The average Bonchev–Trinajstić information content (AvgIpc) is 2.19. The fourth-order valence-electron chi connectivity index (χ4n) is 1.43. The molecule has 0 amide bonds. The van der Waals surface area contributed by atoms with Crippen molar-refractivity contribution in [3.8, 4) is 0 Å². The molecule has 0 aliphatic heterocycles. The summed E-state index contributed by atoms with van der Waals surface area (Å²) in [5.41, 5.74) is 0. The van der Waals surface area contributed by atoms with Gasteiger partial charge in [0, 0.05) is 18.1 Å². The number of hydrogen-bond donors (Lipinski definition) is 1. The molecule has 0 aliphatic carbocycles. The van der Waals surface area contributed by atoms with E-state index in [4.69, 9.17) is 11.6 Å². The van der Waals surface area contributed by atoms with E-state index in [0.717, 1.165) is 0 Å². The first-order valence-electron chi connectivity index (χ1n) is 4.86. The molecule has 1 atom stereocenters. The van der Waals surface area contributed by atoms with Gasteiger partial charge in [-0.1, -0.05) is 31.5 Å². The molecule has 1 N–H and O–H groups in total. The molecule has 1 rings (SSSR count). The van der Waals surface area contributed by atoms with Gasteiger partial charge >= 0.3 is 0 Å². The van der Waals surface area contributed by atoms with Crippen LogP contribution in [0.15, 0.2) is 24.3 Å². The van der Waals surface area contributed by atoms with E-state index in [-0.39, 0.29) is 0 Å². The van der Waals surface area contributed by atoms with Crippen LogP contribution in [0, 0.1) is 0 Å². The molecule has 0 fully saturated rings. The van der Waals surface area contributed by atoms with Crippen LogP contribution >= 0.6 is 19.1 Å². The molecule has 0 saturated carbocycles. The summed E-state index contributed by atoms with van der Waals surface area (Å²) in [6.45, 7) is 4.79. The molecule has 0 radical (unpaired) electrons. The Bertz CT molecular complexity index is 379. The minimum Gasteiger partial charge on any atom is -0.330 e. The smallest absolute Gasteiger partial charge is 0.299 e. The Hall–Kier alpha value is -0.340. The fraction of sp³-hybridized carbons (Fsp3) is 0.400. The molecule has 0 aromatic heterocycles. The minimum absolute atomic E-state index is 0.388. The summed E-state index contributed by atoms with van der Waals surface area (Å²) in [5, 5.41) is 0.868. The van der Waals surface area contributed by atoms with Crippen molar-refractivity contribution in [2.24, 2.45) is 0 Å². The van der Waals surface area contributed by atoms with Crippen LogP contribution in [0.2, 0.25) is 5.02 Å². The Morgan fingerprint density at radius 3 is 2.47 bits per heavy atom. The van der Waals surface area contributed by atoms with E-state index in [9.17, 15) is 9.46 Å². The number of hydrogen-bond acceptors (Lipinski definition) is 1. The van der Waals surface area contributed by atoms with E-state index in [2.05, 4.69) is 0 Å². The molecule has 0 aliphatic rings. The van der Waals surface area contributed by atoms with Crippen LogP contribution in [0.1, 0.15) is 13.8 Å². The van der Waals surface area contributed by atoms with Gasteiger partial charge in [-0.05, 0) is 18.2 Å². The molecule has 15 heavy (non-hydrogen) atoms. The molecule has 0 saturated heterocycles. The first-order valence-corrected chi connectivity index (χ1v) is 6.85. The van der Waals surface area contributed by atoms with E-state index in [1.54, 1.807) is 28.9 Å². The van der Waals surface area contributed by atoms with Crippen molar-refractivity contribution in [1.29, 1.82) is 0 Å². The highest BCUT2D eigenvalue weighted by atomic mass is 35.5. The third kappa shape index (κ3) is 2.82. The topological polar surface area (TPSA) is 40.5 Å². The summed E-state index contributed by atoms with van der Waals surface area (Å²) < 4.78 is 13.7. The zero-order chi connectivity index (χ0) is 11.5. The standard InChI is InChI=1S/C10H15ClNO2P/c1-3-12(4-2)15(13,14)10-7-5-6-9(11)8-10/h5-8H,3-4H2,1-2H3,(H,13,14). The zero-order valence-electron chi connectivity index (χ0n) is 8.85. The first kappa shape index (κ1) is 12.7. The maximum absolute atomic E-state index is 12.2. The molecule has 3 nitrogen and oxygen atoms in total. The first-order chi connectivity index (χ1) is 7.02. The van der Waals surface area contributed by atoms with Gasteiger partial charge in [0.05, 0.1) is 5.30 Å². The lowest BCUT2D eigenvalue weighted by Crippen LogP contribution is -2.25. The second kappa shape index (κ2) is 5.13. The highest BCUT2D eigenvalue weighted by Crippen LogP contribution is 2.43. The van der Waals surface area contributed by atoms with Gasteiger partial charge < -0.3 is 4.89 Å². The Balaban J connectivity index is 3.10. The summed E-state index contributed by atoms with van der Waals surface area (Å²) in [6, 6.07) is 6.54. The number of benzene rings is 1. The molecule has 0 heterocycles. The van der Waals surface area contributed by atoms with Crippen LogP contribution < -0.4 is 5.30 Å².